The van der Waals surface area contributed by atoms with E-state index < -0.39 is 5.97 Å². The molecule has 0 spiro atoms. The molecule has 5 heteroatoms. The Morgan fingerprint density at radius 1 is 1.47 bits per heavy atom. The lowest BCUT2D eigenvalue weighted by Crippen LogP contribution is -2.14. The average Bonchev–Trinajstić information content (AvgIpc) is 2.20. The predicted octanol–water partition coefficient (Wildman–Crippen LogP) is 0.379. The summed E-state index contributed by atoms with van der Waals surface area (Å²) in [6.07, 6.45) is 1.11. The van der Waals surface area contributed by atoms with Crippen molar-refractivity contribution in [2.24, 2.45) is 0 Å². The summed E-state index contributed by atoms with van der Waals surface area (Å²) in [6, 6.07) is 4.35. The minimum absolute atomic E-state index is 0.126. The van der Waals surface area contributed by atoms with Crippen LogP contribution in [0.3, 0.4) is 0 Å². The maximum atomic E-state index is 10.7. The summed E-state index contributed by atoms with van der Waals surface area (Å²) in [6.45, 7) is 0.438. The molecule has 5 nitrogen and oxygen atoms in total. The van der Waals surface area contributed by atoms with E-state index in [0.29, 0.717) is 19.4 Å². The molecule has 0 aliphatic rings. The van der Waals surface area contributed by atoms with Crippen LogP contribution in [-0.4, -0.2) is 29.1 Å². The summed E-state index contributed by atoms with van der Waals surface area (Å²) in [5, 5.41) is 20.4. The summed E-state index contributed by atoms with van der Waals surface area (Å²) in [5.41, 5.74) is 0.623. The van der Waals surface area contributed by atoms with Gasteiger partial charge in [-0.1, -0.05) is 6.07 Å². The lowest BCUT2D eigenvalue weighted by Gasteiger charge is -2.04. The van der Waals surface area contributed by atoms with Crippen LogP contribution in [0.1, 0.15) is 15.9 Å². The molecule has 1 rings (SSSR count). The molecule has 1 amide bonds. The van der Waals surface area contributed by atoms with Crippen LogP contribution >= 0.6 is 0 Å². The number of carbonyl (C=O) groups is 2. The molecule has 0 aliphatic carbocycles. The molecule has 0 saturated carbocycles. The van der Waals surface area contributed by atoms with E-state index in [4.69, 9.17) is 5.11 Å². The van der Waals surface area contributed by atoms with Crippen LogP contribution in [0.4, 0.5) is 0 Å². The Morgan fingerprint density at radius 2 is 2.20 bits per heavy atom. The van der Waals surface area contributed by atoms with Crippen LogP contribution in [0.15, 0.2) is 18.2 Å². The van der Waals surface area contributed by atoms with Crippen LogP contribution in [-0.2, 0) is 11.2 Å². The summed E-state index contributed by atoms with van der Waals surface area (Å²) in [5.74, 6) is -1.42. The second-order valence-corrected chi connectivity index (χ2v) is 2.98. The van der Waals surface area contributed by atoms with Crippen molar-refractivity contribution in [3.8, 4) is 5.75 Å². The number of rotatable bonds is 5. The summed E-state index contributed by atoms with van der Waals surface area (Å²) < 4.78 is 0. The normalized spacial score (nSPS) is 9.60. The number of amides is 1. The molecule has 0 bridgehead atoms. The highest BCUT2D eigenvalue weighted by molar-refractivity contribution is 5.90. The number of hydrogen-bond acceptors (Lipinski definition) is 3. The van der Waals surface area contributed by atoms with Crippen LogP contribution in [0.5, 0.6) is 5.75 Å². The van der Waals surface area contributed by atoms with Crippen LogP contribution in [0.25, 0.3) is 0 Å². The van der Waals surface area contributed by atoms with Crippen molar-refractivity contribution in [1.29, 1.82) is 0 Å². The Labute approximate surface area is 86.4 Å². The van der Waals surface area contributed by atoms with Crippen LogP contribution in [0, 0.1) is 0 Å². The lowest BCUT2D eigenvalue weighted by molar-refractivity contribution is -0.109. The Balaban J connectivity index is 2.78. The number of nitrogens with one attached hydrogen (secondary N) is 1. The molecular weight excluding hydrogens is 198 g/mol. The van der Waals surface area contributed by atoms with Crippen LogP contribution in [0.2, 0.25) is 0 Å². The standard InChI is InChI=1S/C10H11NO4/c12-6-11-4-3-7-1-2-9(13)8(5-7)10(14)15/h1-2,5-6,13H,3-4H2,(H,11,12)(H,14,15). The Morgan fingerprint density at radius 3 is 2.80 bits per heavy atom. The highest BCUT2D eigenvalue weighted by atomic mass is 16.4. The predicted molar refractivity (Wildman–Crippen MR) is 52.8 cm³/mol. The zero-order chi connectivity index (χ0) is 11.3. The van der Waals surface area contributed by atoms with Gasteiger partial charge in [0.05, 0.1) is 0 Å². The largest absolute Gasteiger partial charge is 0.507 e. The van der Waals surface area contributed by atoms with Gasteiger partial charge in [-0.2, -0.15) is 0 Å². The van der Waals surface area contributed by atoms with E-state index in [-0.39, 0.29) is 11.3 Å². The molecule has 0 heterocycles. The van der Waals surface area contributed by atoms with Crippen molar-refractivity contribution in [2.75, 3.05) is 6.54 Å². The van der Waals surface area contributed by atoms with Crippen molar-refractivity contribution < 1.29 is 19.8 Å². The number of benzene rings is 1. The van der Waals surface area contributed by atoms with Gasteiger partial charge in [0.2, 0.25) is 6.41 Å². The molecule has 0 saturated heterocycles. The van der Waals surface area contributed by atoms with Gasteiger partial charge in [0.15, 0.2) is 0 Å². The molecule has 1 aromatic carbocycles. The third-order valence-electron chi connectivity index (χ3n) is 1.93. The fourth-order valence-electron chi connectivity index (χ4n) is 1.19. The molecule has 3 N–H and O–H groups in total. The van der Waals surface area contributed by atoms with Gasteiger partial charge >= 0.3 is 5.97 Å². The van der Waals surface area contributed by atoms with Gasteiger partial charge in [0, 0.05) is 6.54 Å². The van der Waals surface area contributed by atoms with Gasteiger partial charge in [-0.15, -0.1) is 0 Å². The van der Waals surface area contributed by atoms with Crippen LogP contribution < -0.4 is 5.32 Å². The topological polar surface area (TPSA) is 86.6 Å². The summed E-state index contributed by atoms with van der Waals surface area (Å²) in [4.78, 5) is 20.7. The number of aromatic hydroxyl groups is 1. The van der Waals surface area contributed by atoms with Gasteiger partial charge in [0.1, 0.15) is 11.3 Å². The molecule has 0 unspecified atom stereocenters. The fourth-order valence-corrected chi connectivity index (χ4v) is 1.19. The molecule has 0 aromatic heterocycles. The number of carboxylic acid groups (broad SMARTS) is 1. The fraction of sp³-hybridized carbons (Fsp3) is 0.200. The van der Waals surface area contributed by atoms with Crippen molar-refractivity contribution in [3.63, 3.8) is 0 Å². The quantitative estimate of drug-likeness (QED) is 0.483. The molecule has 0 aliphatic heterocycles. The van der Waals surface area contributed by atoms with E-state index in [2.05, 4.69) is 5.32 Å². The zero-order valence-corrected chi connectivity index (χ0v) is 7.93. The number of aromatic carboxylic acids is 1. The second-order valence-electron chi connectivity index (χ2n) is 2.98. The van der Waals surface area contributed by atoms with Gasteiger partial charge in [-0.25, -0.2) is 4.79 Å². The highest BCUT2D eigenvalue weighted by Crippen LogP contribution is 2.18. The van der Waals surface area contributed by atoms with E-state index >= 15 is 0 Å². The van der Waals surface area contributed by atoms with Gasteiger partial charge < -0.3 is 15.5 Å². The Bertz CT molecular complexity index is 376. The molecule has 15 heavy (non-hydrogen) atoms. The maximum absolute atomic E-state index is 10.7. The molecule has 1 aromatic rings. The van der Waals surface area contributed by atoms with Gasteiger partial charge in [-0.3, -0.25) is 4.79 Å². The monoisotopic (exact) mass is 209 g/mol. The molecule has 80 valence electrons. The number of phenols is 1. The van der Waals surface area contributed by atoms with E-state index in [1.165, 1.54) is 12.1 Å². The lowest BCUT2D eigenvalue weighted by atomic mass is 10.1. The Kier molecular flexibility index (Phi) is 3.68. The van der Waals surface area contributed by atoms with E-state index in [1.54, 1.807) is 6.07 Å². The minimum atomic E-state index is -1.17. The third-order valence-corrected chi connectivity index (χ3v) is 1.93. The third kappa shape index (κ3) is 2.98. The highest BCUT2D eigenvalue weighted by Gasteiger charge is 2.09. The average molecular weight is 209 g/mol. The smallest absolute Gasteiger partial charge is 0.339 e. The molecule has 0 radical (unpaired) electrons. The van der Waals surface area contributed by atoms with Gasteiger partial charge in [-0.05, 0) is 24.1 Å². The maximum Gasteiger partial charge on any atom is 0.339 e. The number of carbonyl (C=O) groups excluding carboxylic acids is 1. The molecule has 0 fully saturated rings. The number of hydrogen-bond donors (Lipinski definition) is 3. The van der Waals surface area contributed by atoms with Crippen molar-refractivity contribution >= 4 is 12.4 Å². The first-order valence-corrected chi connectivity index (χ1v) is 4.37. The first kappa shape index (κ1) is 11.0. The van der Waals surface area contributed by atoms with Crippen molar-refractivity contribution in [3.05, 3.63) is 29.3 Å². The summed E-state index contributed by atoms with van der Waals surface area (Å²) >= 11 is 0. The SMILES string of the molecule is O=CNCCc1ccc(O)c(C(=O)O)c1. The zero-order valence-electron chi connectivity index (χ0n) is 7.93. The van der Waals surface area contributed by atoms with Crippen molar-refractivity contribution in [1.82, 2.24) is 5.32 Å². The van der Waals surface area contributed by atoms with Crippen molar-refractivity contribution in [2.45, 2.75) is 6.42 Å². The molecule has 0 atom stereocenters. The first-order chi connectivity index (χ1) is 7.15. The van der Waals surface area contributed by atoms with Gasteiger partial charge in [0.25, 0.3) is 0 Å². The second kappa shape index (κ2) is 4.99. The number of carboxylic acids is 1. The van der Waals surface area contributed by atoms with E-state index in [9.17, 15) is 14.7 Å². The molecular formula is C10H11NO4. The Hall–Kier alpha value is -2.04. The minimum Gasteiger partial charge on any atom is -0.507 e. The first-order valence-electron chi connectivity index (χ1n) is 4.37. The summed E-state index contributed by atoms with van der Waals surface area (Å²) in [7, 11) is 0. The van der Waals surface area contributed by atoms with E-state index in [1.807, 2.05) is 0 Å². The van der Waals surface area contributed by atoms with E-state index in [0.717, 1.165) is 5.56 Å².